The first-order chi connectivity index (χ1) is 15.2. The van der Waals surface area contributed by atoms with Crippen LogP contribution in [-0.4, -0.2) is 23.9 Å². The van der Waals surface area contributed by atoms with Gasteiger partial charge in [0.25, 0.3) is 5.91 Å². The smallest absolute Gasteiger partial charge is 0.291 e. The molecule has 1 fully saturated rings. The minimum atomic E-state index is -0.352. The van der Waals surface area contributed by atoms with Crippen LogP contribution in [0.25, 0.3) is 11.0 Å². The van der Waals surface area contributed by atoms with Gasteiger partial charge in [0.05, 0.1) is 18.0 Å². The Morgan fingerprint density at radius 2 is 1.84 bits per heavy atom. The molecule has 1 N–H and O–H groups in total. The number of nitrogens with one attached hydrogen (secondary N) is 1. The van der Waals surface area contributed by atoms with Crippen molar-refractivity contribution in [3.8, 4) is 0 Å². The third-order valence-electron chi connectivity index (χ3n) is 5.77. The first-order valence-corrected chi connectivity index (χ1v) is 10.6. The van der Waals surface area contributed by atoms with Gasteiger partial charge in [0.15, 0.2) is 5.76 Å². The largest absolute Gasteiger partial charge is 0.459 e. The van der Waals surface area contributed by atoms with Crippen molar-refractivity contribution < 1.29 is 18.0 Å². The number of halogens is 1. The van der Waals surface area contributed by atoms with E-state index in [1.54, 1.807) is 24.3 Å². The maximum atomic E-state index is 14.2. The van der Waals surface area contributed by atoms with Crippen molar-refractivity contribution in [3.05, 3.63) is 89.8 Å². The lowest BCUT2D eigenvalue weighted by Gasteiger charge is -2.34. The Hall–Kier alpha value is -3.38. The average Bonchev–Trinajstić information content (AvgIpc) is 3.44. The van der Waals surface area contributed by atoms with Gasteiger partial charge in [0.2, 0.25) is 0 Å². The zero-order valence-corrected chi connectivity index (χ0v) is 17.0. The molecule has 158 valence electrons. The predicted molar refractivity (Wildman–Crippen MR) is 117 cm³/mol. The van der Waals surface area contributed by atoms with Gasteiger partial charge in [0, 0.05) is 5.39 Å². The first kappa shape index (κ1) is 19.6. The maximum absolute atomic E-state index is 14.2. The number of likely N-dealkylation sites (tertiary alicyclic amines) is 1. The molecule has 1 aliphatic rings. The normalized spacial score (nSPS) is 15.8. The molecule has 6 heteroatoms. The van der Waals surface area contributed by atoms with Crippen LogP contribution >= 0.6 is 0 Å². The average molecular weight is 418 g/mol. The van der Waals surface area contributed by atoms with E-state index in [1.807, 2.05) is 30.3 Å². The molecule has 3 heterocycles. The summed E-state index contributed by atoms with van der Waals surface area (Å²) in [7, 11) is 0. The molecular weight excluding hydrogens is 395 g/mol. The Morgan fingerprint density at radius 3 is 2.61 bits per heavy atom. The van der Waals surface area contributed by atoms with E-state index >= 15 is 0 Å². The molecule has 2 aromatic carbocycles. The number of carbonyl (C=O) groups excluding carboxylic acids is 1. The van der Waals surface area contributed by atoms with Gasteiger partial charge in [-0.2, -0.15) is 0 Å². The van der Waals surface area contributed by atoms with Gasteiger partial charge < -0.3 is 14.2 Å². The van der Waals surface area contributed by atoms with Crippen molar-refractivity contribution >= 4 is 22.6 Å². The number of hydrogen-bond acceptors (Lipinski definition) is 4. The Bertz CT molecular complexity index is 1190. The Morgan fingerprint density at radius 1 is 1.00 bits per heavy atom. The lowest BCUT2D eigenvalue weighted by molar-refractivity contribution is 0.0996. The number of nitrogens with zero attached hydrogens (tertiary/aromatic N) is 1. The fourth-order valence-corrected chi connectivity index (χ4v) is 4.35. The molecule has 0 aliphatic carbocycles. The van der Waals surface area contributed by atoms with Crippen molar-refractivity contribution in [1.29, 1.82) is 0 Å². The summed E-state index contributed by atoms with van der Waals surface area (Å²) in [6.07, 6.45) is 4.78. The number of carbonyl (C=O) groups is 1. The molecule has 0 unspecified atom stereocenters. The van der Waals surface area contributed by atoms with Gasteiger partial charge >= 0.3 is 0 Å². The summed E-state index contributed by atoms with van der Waals surface area (Å²) in [5, 5.41) is 3.79. The van der Waals surface area contributed by atoms with Crippen LogP contribution in [0.4, 0.5) is 10.1 Å². The van der Waals surface area contributed by atoms with E-state index in [2.05, 4.69) is 10.2 Å². The lowest BCUT2D eigenvalue weighted by atomic mass is 9.98. The van der Waals surface area contributed by atoms with Gasteiger partial charge in [0.1, 0.15) is 17.2 Å². The van der Waals surface area contributed by atoms with Crippen molar-refractivity contribution in [2.24, 2.45) is 0 Å². The second-order valence-corrected chi connectivity index (χ2v) is 7.82. The zero-order valence-electron chi connectivity index (χ0n) is 17.0. The van der Waals surface area contributed by atoms with Crippen LogP contribution in [-0.2, 0) is 0 Å². The third kappa shape index (κ3) is 3.86. The number of piperidine rings is 1. The van der Waals surface area contributed by atoms with Crippen LogP contribution in [0.1, 0.15) is 47.2 Å². The lowest BCUT2D eigenvalue weighted by Crippen LogP contribution is -2.34. The highest BCUT2D eigenvalue weighted by molar-refractivity contribution is 6.08. The summed E-state index contributed by atoms with van der Waals surface area (Å²) >= 11 is 0. The fraction of sp³-hybridized carbons (Fsp3) is 0.240. The summed E-state index contributed by atoms with van der Waals surface area (Å²) < 4.78 is 25.8. The number of anilines is 1. The molecule has 4 aromatic rings. The molecule has 5 nitrogen and oxygen atoms in total. The van der Waals surface area contributed by atoms with Gasteiger partial charge in [-0.25, -0.2) is 4.39 Å². The summed E-state index contributed by atoms with van der Waals surface area (Å²) in [6, 6.07) is 17.2. The molecule has 1 amide bonds. The van der Waals surface area contributed by atoms with E-state index in [0.29, 0.717) is 17.0 Å². The van der Waals surface area contributed by atoms with Crippen molar-refractivity contribution in [2.75, 3.05) is 18.4 Å². The van der Waals surface area contributed by atoms with Gasteiger partial charge in [-0.15, -0.1) is 0 Å². The fourth-order valence-electron chi connectivity index (χ4n) is 4.35. The third-order valence-corrected chi connectivity index (χ3v) is 5.77. The predicted octanol–water partition coefficient (Wildman–Crippen LogP) is 5.99. The van der Waals surface area contributed by atoms with Crippen LogP contribution < -0.4 is 5.32 Å². The highest BCUT2D eigenvalue weighted by atomic mass is 19.1. The van der Waals surface area contributed by atoms with Gasteiger partial charge in [-0.05, 0) is 67.9 Å². The quantitative estimate of drug-likeness (QED) is 0.432. The molecule has 2 aromatic heterocycles. The van der Waals surface area contributed by atoms with E-state index < -0.39 is 0 Å². The molecule has 0 saturated carbocycles. The number of rotatable bonds is 5. The molecule has 1 atom stereocenters. The molecule has 1 aliphatic heterocycles. The monoisotopic (exact) mass is 418 g/mol. The summed E-state index contributed by atoms with van der Waals surface area (Å²) in [4.78, 5) is 15.1. The minimum absolute atomic E-state index is 0.219. The van der Waals surface area contributed by atoms with Crippen LogP contribution in [0, 0.1) is 5.82 Å². The second-order valence-electron chi connectivity index (χ2n) is 7.82. The molecule has 0 spiro atoms. The van der Waals surface area contributed by atoms with Crippen molar-refractivity contribution in [2.45, 2.75) is 25.3 Å². The molecule has 5 rings (SSSR count). The Balaban J connectivity index is 1.65. The number of fused-ring (bicyclic) bond motifs is 1. The molecule has 0 radical (unpaired) electrons. The molecule has 0 bridgehead atoms. The Kier molecular flexibility index (Phi) is 5.30. The summed E-state index contributed by atoms with van der Waals surface area (Å²) in [5.74, 6) is 0.177. The zero-order chi connectivity index (χ0) is 21.2. The standard InChI is InChI=1S/C25H23FN2O3/c26-18-9-6-8-17(16-18)23(28-13-4-1-5-14-28)24-22(19-10-2-3-11-20(19)31-24)27-25(29)21-12-7-15-30-21/h2-3,6-12,15-16,23H,1,4-5,13-14H2,(H,27,29)/t23-/m0/s1. The highest BCUT2D eigenvalue weighted by Crippen LogP contribution is 2.41. The van der Waals surface area contributed by atoms with E-state index in [-0.39, 0.29) is 23.5 Å². The van der Waals surface area contributed by atoms with Gasteiger partial charge in [-0.1, -0.05) is 30.7 Å². The Labute approximate surface area is 179 Å². The van der Waals surface area contributed by atoms with E-state index in [0.717, 1.165) is 36.9 Å². The van der Waals surface area contributed by atoms with Crippen molar-refractivity contribution in [1.82, 2.24) is 4.90 Å². The summed E-state index contributed by atoms with van der Waals surface area (Å²) in [5.41, 5.74) is 2.07. The van der Waals surface area contributed by atoms with Crippen LogP contribution in [0.3, 0.4) is 0 Å². The summed E-state index contributed by atoms with van der Waals surface area (Å²) in [6.45, 7) is 1.76. The highest BCUT2D eigenvalue weighted by Gasteiger charge is 2.31. The van der Waals surface area contributed by atoms with E-state index in [4.69, 9.17) is 8.83 Å². The number of amides is 1. The van der Waals surface area contributed by atoms with E-state index in [1.165, 1.54) is 18.8 Å². The second kappa shape index (κ2) is 8.40. The minimum Gasteiger partial charge on any atom is -0.459 e. The van der Waals surface area contributed by atoms with Crippen LogP contribution in [0.5, 0.6) is 0 Å². The topological polar surface area (TPSA) is 58.6 Å². The molecular formula is C25H23FN2O3. The van der Waals surface area contributed by atoms with Crippen LogP contribution in [0.2, 0.25) is 0 Å². The molecule has 1 saturated heterocycles. The number of benzene rings is 2. The first-order valence-electron chi connectivity index (χ1n) is 10.6. The van der Waals surface area contributed by atoms with E-state index in [9.17, 15) is 9.18 Å². The SMILES string of the molecule is O=C(Nc1c([C@H](c2cccc(F)c2)N2CCCCC2)oc2ccccc12)c1ccco1. The number of furan rings is 2. The van der Waals surface area contributed by atoms with Gasteiger partial charge in [-0.3, -0.25) is 9.69 Å². The maximum Gasteiger partial charge on any atom is 0.291 e. The molecule has 31 heavy (non-hydrogen) atoms. The number of para-hydroxylation sites is 1. The van der Waals surface area contributed by atoms with Crippen LogP contribution in [0.15, 0.2) is 75.8 Å². The van der Waals surface area contributed by atoms with Crippen molar-refractivity contribution in [3.63, 3.8) is 0 Å². The number of hydrogen-bond donors (Lipinski definition) is 1.